The summed E-state index contributed by atoms with van der Waals surface area (Å²) in [6.07, 6.45) is 3.10. The molecule has 3 N–H and O–H groups in total. The molecule has 2 rings (SSSR count). The largest absolute Gasteiger partial charge is 0.330 e. The maximum atomic E-state index is 12.1. The molecule has 1 heterocycles. The van der Waals surface area contributed by atoms with Crippen molar-refractivity contribution in [3.05, 3.63) is 48.0 Å². The molecule has 0 spiro atoms. The molecule has 0 saturated carbocycles. The SMILES string of the molecule is Cn1cncc1C(=O)Nc1ccccc1C#CCN. The van der Waals surface area contributed by atoms with E-state index in [2.05, 4.69) is 22.1 Å². The second-order valence-electron chi connectivity index (χ2n) is 3.90. The van der Waals surface area contributed by atoms with Crippen LogP contribution in [0.15, 0.2) is 36.8 Å². The van der Waals surface area contributed by atoms with E-state index in [0.29, 0.717) is 11.4 Å². The quantitative estimate of drug-likeness (QED) is 0.785. The number of nitrogens with zero attached hydrogens (tertiary/aromatic N) is 2. The van der Waals surface area contributed by atoms with Crippen LogP contribution in [0, 0.1) is 11.8 Å². The molecule has 0 saturated heterocycles. The van der Waals surface area contributed by atoms with E-state index in [-0.39, 0.29) is 12.5 Å². The summed E-state index contributed by atoms with van der Waals surface area (Å²) in [6, 6.07) is 7.34. The average Bonchev–Trinajstić information content (AvgIpc) is 2.84. The number of nitrogens with one attached hydrogen (secondary N) is 1. The highest BCUT2D eigenvalue weighted by Crippen LogP contribution is 2.14. The number of nitrogens with two attached hydrogens (primary N) is 1. The Morgan fingerprint density at radius 2 is 2.26 bits per heavy atom. The van der Waals surface area contributed by atoms with Gasteiger partial charge in [0.25, 0.3) is 5.91 Å². The van der Waals surface area contributed by atoms with E-state index in [4.69, 9.17) is 5.73 Å². The molecule has 1 aromatic carbocycles. The number of rotatable bonds is 2. The number of aromatic nitrogens is 2. The number of carbonyl (C=O) groups excluding carboxylic acids is 1. The van der Waals surface area contributed by atoms with Gasteiger partial charge < -0.3 is 15.6 Å². The predicted molar refractivity (Wildman–Crippen MR) is 73.5 cm³/mol. The van der Waals surface area contributed by atoms with Crippen molar-refractivity contribution < 1.29 is 4.79 Å². The third kappa shape index (κ3) is 3.00. The Balaban J connectivity index is 2.24. The molecule has 1 aromatic heterocycles. The van der Waals surface area contributed by atoms with Crippen LogP contribution in [0.1, 0.15) is 16.1 Å². The lowest BCUT2D eigenvalue weighted by Gasteiger charge is -2.07. The minimum absolute atomic E-state index is 0.220. The van der Waals surface area contributed by atoms with Crippen molar-refractivity contribution in [2.24, 2.45) is 12.8 Å². The van der Waals surface area contributed by atoms with Gasteiger partial charge in [-0.3, -0.25) is 4.79 Å². The number of carbonyl (C=O) groups is 1. The van der Waals surface area contributed by atoms with E-state index in [1.54, 1.807) is 24.0 Å². The summed E-state index contributed by atoms with van der Waals surface area (Å²) in [5, 5.41) is 2.82. The molecular formula is C14H14N4O. The third-order valence-electron chi connectivity index (χ3n) is 2.55. The van der Waals surface area contributed by atoms with Gasteiger partial charge in [-0.15, -0.1) is 0 Å². The van der Waals surface area contributed by atoms with E-state index >= 15 is 0 Å². The zero-order valence-electron chi connectivity index (χ0n) is 10.6. The summed E-state index contributed by atoms with van der Waals surface area (Å²) in [7, 11) is 1.77. The van der Waals surface area contributed by atoms with Crippen LogP contribution in [-0.2, 0) is 7.05 Å². The van der Waals surface area contributed by atoms with Gasteiger partial charge in [0.2, 0.25) is 0 Å². The Morgan fingerprint density at radius 3 is 2.95 bits per heavy atom. The standard InChI is InChI=1S/C14H14N4O/c1-18-10-16-9-13(18)14(19)17-12-7-3-2-5-11(12)6-4-8-15/h2-3,5,7,9-10H,8,15H2,1H3,(H,17,19). The zero-order valence-corrected chi connectivity index (χ0v) is 10.6. The number of benzene rings is 1. The maximum Gasteiger partial charge on any atom is 0.273 e. The first-order chi connectivity index (χ1) is 9.22. The lowest BCUT2D eigenvalue weighted by atomic mass is 10.2. The van der Waals surface area contributed by atoms with Crippen LogP contribution in [0.25, 0.3) is 0 Å². The van der Waals surface area contributed by atoms with Crippen molar-refractivity contribution in [1.29, 1.82) is 0 Å². The fourth-order valence-electron chi connectivity index (χ4n) is 1.61. The highest BCUT2D eigenvalue weighted by atomic mass is 16.2. The molecule has 19 heavy (non-hydrogen) atoms. The Morgan fingerprint density at radius 1 is 1.47 bits per heavy atom. The molecule has 0 bridgehead atoms. The Labute approximate surface area is 111 Å². The van der Waals surface area contributed by atoms with Gasteiger partial charge in [0.1, 0.15) is 5.69 Å². The predicted octanol–water partition coefficient (Wildman–Crippen LogP) is 0.983. The van der Waals surface area contributed by atoms with Crippen LogP contribution in [0.3, 0.4) is 0 Å². The summed E-state index contributed by atoms with van der Waals surface area (Å²) in [6.45, 7) is 0.282. The lowest BCUT2D eigenvalue weighted by molar-refractivity contribution is 0.101. The molecular weight excluding hydrogens is 240 g/mol. The van der Waals surface area contributed by atoms with Gasteiger partial charge >= 0.3 is 0 Å². The second kappa shape index (κ2) is 5.85. The number of hydrogen-bond donors (Lipinski definition) is 2. The maximum absolute atomic E-state index is 12.1. The van der Waals surface area contributed by atoms with Gasteiger partial charge in [0.05, 0.1) is 24.8 Å². The van der Waals surface area contributed by atoms with Crippen molar-refractivity contribution in [3.63, 3.8) is 0 Å². The topological polar surface area (TPSA) is 72.9 Å². The highest BCUT2D eigenvalue weighted by Gasteiger charge is 2.11. The molecule has 0 aliphatic heterocycles. The van der Waals surface area contributed by atoms with Crippen LogP contribution in [0.5, 0.6) is 0 Å². The summed E-state index contributed by atoms with van der Waals surface area (Å²) in [4.78, 5) is 16.0. The third-order valence-corrected chi connectivity index (χ3v) is 2.55. The van der Waals surface area contributed by atoms with Crippen LogP contribution >= 0.6 is 0 Å². The summed E-state index contributed by atoms with van der Waals surface area (Å²) in [5.41, 5.74) is 7.24. The van der Waals surface area contributed by atoms with E-state index in [0.717, 1.165) is 5.56 Å². The van der Waals surface area contributed by atoms with Gasteiger partial charge in [-0.25, -0.2) is 4.98 Å². The Hall–Kier alpha value is -2.58. The molecule has 5 heteroatoms. The van der Waals surface area contributed by atoms with Crippen LogP contribution in [0.2, 0.25) is 0 Å². The minimum Gasteiger partial charge on any atom is -0.330 e. The van der Waals surface area contributed by atoms with Gasteiger partial charge in [0, 0.05) is 12.6 Å². The van der Waals surface area contributed by atoms with Crippen LogP contribution < -0.4 is 11.1 Å². The van der Waals surface area contributed by atoms with E-state index < -0.39 is 0 Å². The van der Waals surface area contributed by atoms with Crippen molar-refractivity contribution >= 4 is 11.6 Å². The van der Waals surface area contributed by atoms with E-state index in [1.165, 1.54) is 6.20 Å². The van der Waals surface area contributed by atoms with E-state index in [1.807, 2.05) is 18.2 Å². The lowest BCUT2D eigenvalue weighted by Crippen LogP contribution is -2.16. The van der Waals surface area contributed by atoms with Crippen molar-refractivity contribution in [1.82, 2.24) is 9.55 Å². The molecule has 2 aromatic rings. The molecule has 0 aliphatic rings. The van der Waals surface area contributed by atoms with E-state index in [9.17, 15) is 4.79 Å². The smallest absolute Gasteiger partial charge is 0.273 e. The first kappa shape index (κ1) is 12.9. The monoisotopic (exact) mass is 254 g/mol. The highest BCUT2D eigenvalue weighted by molar-refractivity contribution is 6.03. The van der Waals surface area contributed by atoms with Gasteiger partial charge in [-0.1, -0.05) is 24.0 Å². The molecule has 0 aliphatic carbocycles. The molecule has 0 fully saturated rings. The van der Waals surface area contributed by atoms with Crippen LogP contribution in [-0.4, -0.2) is 22.0 Å². The fourth-order valence-corrected chi connectivity index (χ4v) is 1.61. The average molecular weight is 254 g/mol. The number of para-hydroxylation sites is 1. The molecule has 0 radical (unpaired) electrons. The number of imidazole rings is 1. The van der Waals surface area contributed by atoms with Crippen molar-refractivity contribution in [3.8, 4) is 11.8 Å². The molecule has 96 valence electrons. The number of amides is 1. The molecule has 1 amide bonds. The van der Waals surface area contributed by atoms with Gasteiger partial charge in [0.15, 0.2) is 0 Å². The normalized spacial score (nSPS) is 9.58. The molecule has 0 atom stereocenters. The number of anilines is 1. The first-order valence-electron chi connectivity index (χ1n) is 5.78. The van der Waals surface area contributed by atoms with Crippen molar-refractivity contribution in [2.75, 3.05) is 11.9 Å². The Bertz CT molecular complexity index is 649. The Kier molecular flexibility index (Phi) is 3.96. The number of hydrogen-bond acceptors (Lipinski definition) is 3. The fraction of sp³-hybridized carbons (Fsp3) is 0.143. The van der Waals surface area contributed by atoms with Crippen LogP contribution in [0.4, 0.5) is 5.69 Å². The summed E-state index contributed by atoms with van der Waals surface area (Å²) >= 11 is 0. The first-order valence-corrected chi connectivity index (χ1v) is 5.78. The molecule has 0 unspecified atom stereocenters. The zero-order chi connectivity index (χ0) is 13.7. The van der Waals surface area contributed by atoms with Gasteiger partial charge in [-0.05, 0) is 12.1 Å². The van der Waals surface area contributed by atoms with Crippen molar-refractivity contribution in [2.45, 2.75) is 0 Å². The summed E-state index contributed by atoms with van der Waals surface area (Å²) < 4.78 is 1.66. The summed E-state index contributed by atoms with van der Waals surface area (Å²) in [5.74, 6) is 5.48. The second-order valence-corrected chi connectivity index (χ2v) is 3.90. The number of aryl methyl sites for hydroxylation is 1. The molecule has 5 nitrogen and oxygen atoms in total. The van der Waals surface area contributed by atoms with Gasteiger partial charge in [-0.2, -0.15) is 0 Å². The minimum atomic E-state index is -0.220.